The summed E-state index contributed by atoms with van der Waals surface area (Å²) in [6, 6.07) is 0. The molecule has 0 aromatic heterocycles. The third-order valence-corrected chi connectivity index (χ3v) is 5.52. The summed E-state index contributed by atoms with van der Waals surface area (Å²) in [4.78, 5) is 0. The van der Waals surface area contributed by atoms with Crippen LogP contribution in [0.5, 0.6) is 0 Å². The van der Waals surface area contributed by atoms with Crippen molar-refractivity contribution in [1.82, 2.24) is 0 Å². The molecular formula is C14H27ClS. The molecule has 0 radical (unpaired) electrons. The zero-order valence-corrected chi connectivity index (χ0v) is 12.8. The van der Waals surface area contributed by atoms with Crippen LogP contribution < -0.4 is 0 Å². The van der Waals surface area contributed by atoms with Crippen molar-refractivity contribution >= 4 is 23.4 Å². The maximum absolute atomic E-state index is 6.57. The van der Waals surface area contributed by atoms with E-state index >= 15 is 0 Å². The Morgan fingerprint density at radius 3 is 2.56 bits per heavy atom. The van der Waals surface area contributed by atoms with Gasteiger partial charge in [0.1, 0.15) is 0 Å². The van der Waals surface area contributed by atoms with Gasteiger partial charge in [-0.25, -0.2) is 0 Å². The average Bonchev–Trinajstić information content (AvgIpc) is 2.17. The Labute approximate surface area is 111 Å². The highest BCUT2D eigenvalue weighted by Gasteiger charge is 2.37. The second-order valence-corrected chi connectivity index (χ2v) is 7.93. The Hall–Kier alpha value is 0.640. The zero-order chi connectivity index (χ0) is 12.2. The molecule has 3 atom stereocenters. The first-order valence-corrected chi connectivity index (χ1v) is 8.28. The fraction of sp³-hybridized carbons (Fsp3) is 1.00. The van der Waals surface area contributed by atoms with E-state index in [9.17, 15) is 0 Å². The summed E-state index contributed by atoms with van der Waals surface area (Å²) in [6.45, 7) is 9.41. The van der Waals surface area contributed by atoms with Crippen LogP contribution >= 0.6 is 23.4 Å². The van der Waals surface area contributed by atoms with Gasteiger partial charge in [-0.2, -0.15) is 11.8 Å². The van der Waals surface area contributed by atoms with Gasteiger partial charge in [0.05, 0.1) is 0 Å². The summed E-state index contributed by atoms with van der Waals surface area (Å²) in [7, 11) is 0. The second-order valence-electron chi connectivity index (χ2n) is 5.98. The SMILES string of the molecule is CCSCCC(C)(C)C1CCC(C)CC1Cl. The fourth-order valence-electron chi connectivity index (χ4n) is 2.86. The van der Waals surface area contributed by atoms with Crippen LogP contribution in [0.15, 0.2) is 0 Å². The Kier molecular flexibility index (Phi) is 6.01. The molecule has 1 fully saturated rings. The first kappa shape index (κ1) is 14.7. The normalized spacial score (nSPS) is 31.7. The molecule has 0 N–H and O–H groups in total. The molecule has 0 saturated heterocycles. The minimum absolute atomic E-state index is 0.408. The molecule has 1 saturated carbocycles. The molecule has 2 heteroatoms. The topological polar surface area (TPSA) is 0 Å². The highest BCUT2D eigenvalue weighted by molar-refractivity contribution is 7.99. The summed E-state index contributed by atoms with van der Waals surface area (Å²) in [5, 5.41) is 0.408. The average molecular weight is 263 g/mol. The van der Waals surface area contributed by atoms with Crippen molar-refractivity contribution in [2.45, 2.75) is 58.8 Å². The van der Waals surface area contributed by atoms with Crippen LogP contribution in [-0.4, -0.2) is 16.9 Å². The van der Waals surface area contributed by atoms with Crippen LogP contribution in [0.3, 0.4) is 0 Å². The molecule has 1 rings (SSSR count). The summed E-state index contributed by atoms with van der Waals surface area (Å²) >= 11 is 8.63. The summed E-state index contributed by atoms with van der Waals surface area (Å²) in [6.07, 6.45) is 5.24. The molecule has 0 amide bonds. The molecular weight excluding hydrogens is 236 g/mol. The largest absolute Gasteiger partial charge is 0.162 e. The second kappa shape index (κ2) is 6.54. The smallest absolute Gasteiger partial charge is 0.0371 e. The van der Waals surface area contributed by atoms with Crippen molar-refractivity contribution in [3.8, 4) is 0 Å². The number of alkyl halides is 1. The Balaban J connectivity index is 2.47. The number of halogens is 1. The minimum Gasteiger partial charge on any atom is -0.162 e. The van der Waals surface area contributed by atoms with Crippen LogP contribution in [0.4, 0.5) is 0 Å². The van der Waals surface area contributed by atoms with Gasteiger partial charge >= 0.3 is 0 Å². The molecule has 1 aliphatic rings. The molecule has 1 aliphatic carbocycles. The van der Waals surface area contributed by atoms with E-state index in [2.05, 4.69) is 39.5 Å². The van der Waals surface area contributed by atoms with Gasteiger partial charge in [0.2, 0.25) is 0 Å². The molecule has 16 heavy (non-hydrogen) atoms. The van der Waals surface area contributed by atoms with Crippen molar-refractivity contribution in [2.75, 3.05) is 11.5 Å². The van der Waals surface area contributed by atoms with Crippen LogP contribution in [-0.2, 0) is 0 Å². The lowest BCUT2D eigenvalue weighted by molar-refractivity contribution is 0.139. The van der Waals surface area contributed by atoms with E-state index in [1.165, 1.54) is 37.2 Å². The Morgan fingerprint density at radius 2 is 2.00 bits per heavy atom. The number of rotatable bonds is 5. The molecule has 0 spiro atoms. The van der Waals surface area contributed by atoms with Crippen molar-refractivity contribution in [1.29, 1.82) is 0 Å². The Bertz CT molecular complexity index is 203. The molecule has 0 nitrogen and oxygen atoms in total. The van der Waals surface area contributed by atoms with Crippen molar-refractivity contribution < 1.29 is 0 Å². The molecule has 0 aromatic rings. The van der Waals surface area contributed by atoms with Gasteiger partial charge in [-0.3, -0.25) is 0 Å². The predicted molar refractivity (Wildman–Crippen MR) is 77.5 cm³/mol. The van der Waals surface area contributed by atoms with Crippen LogP contribution in [0, 0.1) is 17.3 Å². The van der Waals surface area contributed by atoms with Gasteiger partial charge in [-0.15, -0.1) is 11.6 Å². The lowest BCUT2D eigenvalue weighted by Crippen LogP contribution is -2.36. The Morgan fingerprint density at radius 1 is 1.31 bits per heavy atom. The quantitative estimate of drug-likeness (QED) is 0.485. The van der Waals surface area contributed by atoms with Gasteiger partial charge in [-0.1, -0.05) is 34.1 Å². The van der Waals surface area contributed by atoms with Crippen LogP contribution in [0.25, 0.3) is 0 Å². The van der Waals surface area contributed by atoms with E-state index in [0.717, 1.165) is 11.8 Å². The summed E-state index contributed by atoms with van der Waals surface area (Å²) in [5.41, 5.74) is 0.425. The third-order valence-electron chi connectivity index (χ3n) is 4.13. The third kappa shape index (κ3) is 4.14. The standard InChI is InChI=1S/C14H27ClS/c1-5-16-9-8-14(3,4)12-7-6-11(2)10-13(12)15/h11-13H,5-10H2,1-4H3. The van der Waals surface area contributed by atoms with Gasteiger partial charge in [0.15, 0.2) is 0 Å². The van der Waals surface area contributed by atoms with E-state index in [1.54, 1.807) is 0 Å². The van der Waals surface area contributed by atoms with E-state index in [-0.39, 0.29) is 0 Å². The first-order chi connectivity index (χ1) is 7.47. The molecule has 0 bridgehead atoms. The first-order valence-electron chi connectivity index (χ1n) is 6.69. The van der Waals surface area contributed by atoms with Crippen molar-refractivity contribution in [2.24, 2.45) is 17.3 Å². The van der Waals surface area contributed by atoms with Crippen LogP contribution in [0.2, 0.25) is 0 Å². The van der Waals surface area contributed by atoms with Crippen LogP contribution in [0.1, 0.15) is 53.4 Å². The van der Waals surface area contributed by atoms with E-state index in [1.807, 2.05) is 0 Å². The van der Waals surface area contributed by atoms with Gasteiger partial charge in [-0.05, 0) is 48.0 Å². The minimum atomic E-state index is 0.408. The van der Waals surface area contributed by atoms with Crippen molar-refractivity contribution in [3.05, 3.63) is 0 Å². The monoisotopic (exact) mass is 262 g/mol. The molecule has 0 aliphatic heterocycles. The van der Waals surface area contributed by atoms with E-state index in [0.29, 0.717) is 10.8 Å². The summed E-state index contributed by atoms with van der Waals surface area (Å²) < 4.78 is 0. The maximum Gasteiger partial charge on any atom is 0.0371 e. The van der Waals surface area contributed by atoms with Gasteiger partial charge < -0.3 is 0 Å². The lowest BCUT2D eigenvalue weighted by atomic mass is 9.67. The highest BCUT2D eigenvalue weighted by Crippen LogP contribution is 2.44. The van der Waals surface area contributed by atoms with E-state index < -0.39 is 0 Å². The molecule has 96 valence electrons. The van der Waals surface area contributed by atoms with Crippen molar-refractivity contribution in [3.63, 3.8) is 0 Å². The lowest BCUT2D eigenvalue weighted by Gasteiger charge is -2.42. The highest BCUT2D eigenvalue weighted by atomic mass is 35.5. The molecule has 0 heterocycles. The maximum atomic E-state index is 6.57. The number of hydrogen-bond acceptors (Lipinski definition) is 1. The number of thioether (sulfide) groups is 1. The van der Waals surface area contributed by atoms with E-state index in [4.69, 9.17) is 11.6 Å². The number of hydrogen-bond donors (Lipinski definition) is 0. The fourth-order valence-corrected chi connectivity index (χ4v) is 4.59. The zero-order valence-electron chi connectivity index (χ0n) is 11.3. The van der Waals surface area contributed by atoms with Gasteiger partial charge in [0, 0.05) is 5.38 Å². The molecule has 3 unspecified atom stereocenters. The summed E-state index contributed by atoms with van der Waals surface area (Å²) in [5.74, 6) is 4.09. The molecule has 0 aromatic carbocycles. The van der Waals surface area contributed by atoms with Gasteiger partial charge in [0.25, 0.3) is 0 Å². The predicted octanol–water partition coefficient (Wildman–Crippen LogP) is 5.20.